The van der Waals surface area contributed by atoms with Crippen molar-refractivity contribution in [2.75, 3.05) is 46.4 Å². The molecule has 3 N–H and O–H groups in total. The van der Waals surface area contributed by atoms with Crippen molar-refractivity contribution >= 4 is 16.9 Å². The molecule has 26 heavy (non-hydrogen) atoms. The number of benzene rings is 1. The maximum atomic E-state index is 13.5. The van der Waals surface area contributed by atoms with E-state index in [4.69, 9.17) is 4.74 Å². The number of likely N-dealkylation sites (N-methyl/N-ethyl adjacent to an activating group) is 1. The van der Waals surface area contributed by atoms with Crippen molar-refractivity contribution in [2.45, 2.75) is 19.4 Å². The molecule has 0 amide bonds. The summed E-state index contributed by atoms with van der Waals surface area (Å²) in [7, 11) is 2.10. The minimum Gasteiger partial charge on any atom is -0.374 e. The van der Waals surface area contributed by atoms with E-state index in [0.29, 0.717) is 6.54 Å². The van der Waals surface area contributed by atoms with E-state index in [1.807, 2.05) is 13.1 Å². The minimum atomic E-state index is -0.210. The van der Waals surface area contributed by atoms with E-state index in [1.54, 1.807) is 12.1 Å². The van der Waals surface area contributed by atoms with Gasteiger partial charge in [0.15, 0.2) is 5.96 Å². The highest BCUT2D eigenvalue weighted by molar-refractivity contribution is 5.83. The average Bonchev–Trinajstić information content (AvgIpc) is 3.02. The predicted octanol–water partition coefficient (Wildman–Crippen LogP) is 1.74. The number of aromatic amines is 1. The quantitative estimate of drug-likeness (QED) is 0.542. The number of hydrogen-bond acceptors (Lipinski definition) is 3. The predicted molar refractivity (Wildman–Crippen MR) is 103 cm³/mol. The van der Waals surface area contributed by atoms with Crippen LogP contribution >= 0.6 is 0 Å². The van der Waals surface area contributed by atoms with E-state index in [-0.39, 0.29) is 11.9 Å². The molecule has 0 bridgehead atoms. The van der Waals surface area contributed by atoms with Gasteiger partial charge in [-0.25, -0.2) is 4.39 Å². The first-order chi connectivity index (χ1) is 12.7. The number of nitrogens with one attached hydrogen (secondary N) is 3. The Kier molecular flexibility index (Phi) is 6.46. The van der Waals surface area contributed by atoms with Gasteiger partial charge in [0.25, 0.3) is 0 Å². The van der Waals surface area contributed by atoms with Crippen LogP contribution in [0.3, 0.4) is 0 Å². The monoisotopic (exact) mass is 361 g/mol. The molecule has 3 rings (SSSR count). The van der Waals surface area contributed by atoms with Gasteiger partial charge in [0.05, 0.1) is 19.3 Å². The van der Waals surface area contributed by atoms with Gasteiger partial charge in [0, 0.05) is 43.3 Å². The van der Waals surface area contributed by atoms with Crippen LogP contribution in [0.1, 0.15) is 12.5 Å². The molecule has 1 unspecified atom stereocenters. The van der Waals surface area contributed by atoms with Gasteiger partial charge < -0.3 is 25.3 Å². The van der Waals surface area contributed by atoms with E-state index < -0.39 is 0 Å². The molecule has 0 aliphatic carbocycles. The zero-order valence-electron chi connectivity index (χ0n) is 15.5. The minimum absolute atomic E-state index is 0.140. The average molecular weight is 361 g/mol. The molecule has 1 aliphatic heterocycles. The first-order valence-corrected chi connectivity index (χ1v) is 9.23. The van der Waals surface area contributed by atoms with Crippen molar-refractivity contribution < 1.29 is 9.13 Å². The van der Waals surface area contributed by atoms with E-state index >= 15 is 0 Å². The second-order valence-corrected chi connectivity index (χ2v) is 6.66. The molecule has 6 nitrogen and oxygen atoms in total. The third kappa shape index (κ3) is 4.95. The SMILES string of the molecule is CCNC(=NCC1CN(C)CCO1)NCCc1c[nH]c2ccc(F)cc12. The number of rotatable bonds is 6. The normalized spacial score (nSPS) is 19.0. The Morgan fingerprint density at radius 3 is 3.12 bits per heavy atom. The molecule has 1 aromatic heterocycles. The first kappa shape index (κ1) is 18.7. The fraction of sp³-hybridized carbons (Fsp3) is 0.526. The lowest BCUT2D eigenvalue weighted by atomic mass is 10.1. The smallest absolute Gasteiger partial charge is 0.191 e. The molecular formula is C19H28FN5O. The number of halogens is 1. The fourth-order valence-electron chi connectivity index (χ4n) is 3.19. The lowest BCUT2D eigenvalue weighted by Gasteiger charge is -2.29. The number of nitrogens with zero attached hydrogens (tertiary/aromatic N) is 2. The highest BCUT2D eigenvalue weighted by atomic mass is 19.1. The second-order valence-electron chi connectivity index (χ2n) is 6.66. The van der Waals surface area contributed by atoms with Crippen molar-refractivity contribution in [2.24, 2.45) is 4.99 Å². The van der Waals surface area contributed by atoms with Crippen LogP contribution in [0.15, 0.2) is 29.4 Å². The van der Waals surface area contributed by atoms with E-state index in [9.17, 15) is 4.39 Å². The molecule has 142 valence electrons. The molecule has 7 heteroatoms. The molecule has 1 aliphatic rings. The number of ether oxygens (including phenoxy) is 1. The van der Waals surface area contributed by atoms with Crippen molar-refractivity contribution in [1.82, 2.24) is 20.5 Å². The van der Waals surface area contributed by atoms with Crippen LogP contribution in [0.25, 0.3) is 10.9 Å². The topological polar surface area (TPSA) is 64.7 Å². The third-order valence-electron chi connectivity index (χ3n) is 4.56. The summed E-state index contributed by atoms with van der Waals surface area (Å²) in [6.45, 7) is 6.85. The number of aliphatic imine (C=N–C) groups is 1. The summed E-state index contributed by atoms with van der Waals surface area (Å²) in [6.07, 6.45) is 2.87. The van der Waals surface area contributed by atoms with Gasteiger partial charge in [-0.3, -0.25) is 4.99 Å². The van der Waals surface area contributed by atoms with Crippen molar-refractivity contribution in [1.29, 1.82) is 0 Å². The second kappa shape index (κ2) is 9.00. The van der Waals surface area contributed by atoms with Gasteiger partial charge in [-0.1, -0.05) is 0 Å². The molecule has 1 saturated heterocycles. The summed E-state index contributed by atoms with van der Waals surface area (Å²) in [6, 6.07) is 4.83. The Balaban J connectivity index is 1.54. The molecule has 0 radical (unpaired) electrons. The molecular weight excluding hydrogens is 333 g/mol. The van der Waals surface area contributed by atoms with Crippen LogP contribution < -0.4 is 10.6 Å². The summed E-state index contributed by atoms with van der Waals surface area (Å²) in [5.41, 5.74) is 2.06. The van der Waals surface area contributed by atoms with Crippen LogP contribution in [-0.4, -0.2) is 68.3 Å². The molecule has 0 saturated carbocycles. The number of hydrogen-bond donors (Lipinski definition) is 3. The summed E-state index contributed by atoms with van der Waals surface area (Å²) in [5, 5.41) is 7.55. The Labute approximate surface area is 153 Å². The lowest BCUT2D eigenvalue weighted by Crippen LogP contribution is -2.43. The van der Waals surface area contributed by atoms with Crippen molar-refractivity contribution in [3.05, 3.63) is 35.8 Å². The van der Waals surface area contributed by atoms with E-state index in [2.05, 4.69) is 32.6 Å². The van der Waals surface area contributed by atoms with E-state index in [0.717, 1.165) is 61.6 Å². The summed E-state index contributed by atoms with van der Waals surface area (Å²) < 4.78 is 19.2. The van der Waals surface area contributed by atoms with Gasteiger partial charge in [-0.05, 0) is 44.2 Å². The number of morpholine rings is 1. The van der Waals surface area contributed by atoms with Gasteiger partial charge in [-0.2, -0.15) is 0 Å². The first-order valence-electron chi connectivity index (χ1n) is 9.23. The summed E-state index contributed by atoms with van der Waals surface area (Å²) in [4.78, 5) is 10.1. The number of fused-ring (bicyclic) bond motifs is 1. The zero-order chi connectivity index (χ0) is 18.4. The summed E-state index contributed by atoms with van der Waals surface area (Å²) >= 11 is 0. The Morgan fingerprint density at radius 1 is 1.42 bits per heavy atom. The summed E-state index contributed by atoms with van der Waals surface area (Å²) in [5.74, 6) is 0.578. The van der Waals surface area contributed by atoms with Crippen LogP contribution in [-0.2, 0) is 11.2 Å². The van der Waals surface area contributed by atoms with E-state index in [1.165, 1.54) is 6.07 Å². The highest BCUT2D eigenvalue weighted by Gasteiger charge is 2.17. The third-order valence-corrected chi connectivity index (χ3v) is 4.56. The molecule has 1 aromatic carbocycles. The van der Waals surface area contributed by atoms with Crippen LogP contribution in [0.2, 0.25) is 0 Å². The van der Waals surface area contributed by atoms with Crippen molar-refractivity contribution in [3.63, 3.8) is 0 Å². The van der Waals surface area contributed by atoms with Crippen LogP contribution in [0, 0.1) is 5.82 Å². The van der Waals surface area contributed by atoms with Gasteiger partial charge in [0.1, 0.15) is 5.82 Å². The fourth-order valence-corrected chi connectivity index (χ4v) is 3.19. The maximum absolute atomic E-state index is 13.5. The maximum Gasteiger partial charge on any atom is 0.191 e. The zero-order valence-corrected chi connectivity index (χ0v) is 15.5. The van der Waals surface area contributed by atoms with Crippen LogP contribution in [0.4, 0.5) is 4.39 Å². The number of H-pyrrole nitrogens is 1. The standard InChI is InChI=1S/C19H28FN5O/c1-3-21-19(24-12-16-13-25(2)8-9-26-16)22-7-6-14-11-23-18-5-4-15(20)10-17(14)18/h4-5,10-11,16,23H,3,6-9,12-13H2,1-2H3,(H2,21,22,24). The number of guanidine groups is 1. The Hall–Kier alpha value is -2.12. The lowest BCUT2D eigenvalue weighted by molar-refractivity contribution is -0.0136. The Morgan fingerprint density at radius 2 is 2.31 bits per heavy atom. The van der Waals surface area contributed by atoms with Crippen LogP contribution in [0.5, 0.6) is 0 Å². The molecule has 0 spiro atoms. The van der Waals surface area contributed by atoms with Gasteiger partial charge in [0.2, 0.25) is 0 Å². The highest BCUT2D eigenvalue weighted by Crippen LogP contribution is 2.19. The molecule has 2 heterocycles. The van der Waals surface area contributed by atoms with Gasteiger partial charge in [-0.15, -0.1) is 0 Å². The molecule has 1 atom stereocenters. The number of aromatic nitrogens is 1. The largest absolute Gasteiger partial charge is 0.374 e. The van der Waals surface area contributed by atoms with Gasteiger partial charge >= 0.3 is 0 Å². The Bertz CT molecular complexity index is 745. The molecule has 2 aromatic rings. The van der Waals surface area contributed by atoms with Crippen molar-refractivity contribution in [3.8, 4) is 0 Å². The molecule has 1 fully saturated rings.